The van der Waals surface area contributed by atoms with Crippen molar-refractivity contribution in [2.24, 2.45) is 0 Å². The Morgan fingerprint density at radius 3 is 0.571 bits per heavy atom. The van der Waals surface area contributed by atoms with Gasteiger partial charge in [0.05, 0.1) is 0 Å². The topological polar surface area (TPSA) is 0 Å². The molecule has 0 heterocycles. The van der Waals surface area contributed by atoms with Crippen LogP contribution in [0.5, 0.6) is 0 Å². The Bertz CT molecular complexity index is 62.7. The van der Waals surface area contributed by atoms with Gasteiger partial charge in [-0.15, -0.1) is 0 Å². The molecule has 0 fully saturated rings. The van der Waals surface area contributed by atoms with E-state index in [0.717, 1.165) is 0 Å². The van der Waals surface area contributed by atoms with Gasteiger partial charge >= 0.3 is 66.1 Å². The zero-order valence-electron chi connectivity index (χ0n) is 2.58. The van der Waals surface area contributed by atoms with E-state index in [1.807, 2.05) is 0 Å². The van der Waals surface area contributed by atoms with Crippen LogP contribution in [0.1, 0.15) is 0 Å². The summed E-state index contributed by atoms with van der Waals surface area (Å²) in [5.74, 6) is 0. The molecule has 0 radical (unpaired) electrons. The molecule has 7 heavy (non-hydrogen) atoms. The molecule has 0 amide bonds. The predicted molar refractivity (Wildman–Crippen MR) is 35.1 cm³/mol. The fourth-order valence-electron chi connectivity index (χ4n) is 0. The van der Waals surface area contributed by atoms with E-state index in [4.69, 9.17) is 61.2 Å². The average Bonchev–Trinajstić information content (AvgIpc) is 0.592. The fraction of sp³-hybridized carbons (Fsp3) is 0. The summed E-state index contributed by atoms with van der Waals surface area (Å²) in [6.45, 7) is 0. The Hall–Kier alpha value is 2.23. The minimum atomic E-state index is -4.71. The third kappa shape index (κ3) is 64.1. The zero-order valence-corrected chi connectivity index (χ0v) is 8.11. The summed E-state index contributed by atoms with van der Waals surface area (Å²) in [7, 11) is 30.0. The van der Waals surface area contributed by atoms with Crippen molar-refractivity contribution < 1.29 is 4.98 Å². The molecule has 0 saturated heterocycles. The third-order valence-corrected chi connectivity index (χ3v) is 0. The Balaban J connectivity index is 4.43. The number of hydrogen-bond donors (Lipinski definition) is 0. The van der Waals surface area contributed by atoms with E-state index in [9.17, 15) is 0 Å². The van der Waals surface area contributed by atoms with Crippen LogP contribution in [0.3, 0.4) is 0 Å². The molecule has 0 aliphatic carbocycles. The fourth-order valence-corrected chi connectivity index (χ4v) is 0. The zero-order chi connectivity index (χ0) is 6.41. The first kappa shape index (κ1) is 9.23. The molecule has 0 aliphatic rings. The van der Waals surface area contributed by atoms with E-state index in [2.05, 4.69) is 0 Å². The van der Waals surface area contributed by atoms with E-state index >= 15 is 0 Å². The Morgan fingerprint density at radius 2 is 0.571 bits per heavy atom. The molecule has 0 atom stereocenters. The molecule has 0 saturated carbocycles. The maximum absolute atomic E-state index is 4.99. The van der Waals surface area contributed by atoms with Gasteiger partial charge in [-0.3, -0.25) is 0 Å². The Labute approximate surface area is 65.5 Å². The molecule has 0 bridgehead atoms. The van der Waals surface area contributed by atoms with Crippen molar-refractivity contribution >= 4 is 61.2 Å². The van der Waals surface area contributed by atoms with Crippen LogP contribution in [0.4, 0.5) is 0 Å². The first-order valence-electron chi connectivity index (χ1n) is 0.717. The molecule has 0 rings (SSSR count). The molecule has 0 nitrogen and oxygen atoms in total. The minimum absolute atomic E-state index is 4.71. The van der Waals surface area contributed by atoms with Crippen LogP contribution in [0.15, 0.2) is 0 Å². The van der Waals surface area contributed by atoms with Gasteiger partial charge in [0.15, 0.2) is 0 Å². The second kappa shape index (κ2) is 1.45. The summed E-state index contributed by atoms with van der Waals surface area (Å²) in [4.78, 5) is -4.71. The van der Waals surface area contributed by atoms with Crippen LogP contribution in [0.2, 0.25) is 0 Å². The summed E-state index contributed by atoms with van der Waals surface area (Å²) in [6, 6.07) is 0. The van der Waals surface area contributed by atoms with E-state index < -0.39 is 4.98 Å². The quantitative estimate of drug-likeness (QED) is 0.581. The first-order chi connectivity index (χ1) is 2.45. The van der Waals surface area contributed by atoms with Gasteiger partial charge in [0.25, 0.3) is 0 Å². The second-order valence-corrected chi connectivity index (χ2v) is 25.1. The molecule has 0 aromatic heterocycles. The van der Waals surface area contributed by atoms with Gasteiger partial charge in [-0.05, 0) is 0 Å². The number of rotatable bonds is 0. The van der Waals surface area contributed by atoms with Crippen molar-refractivity contribution in [3.8, 4) is 0 Å². The number of hydrogen-bond acceptors (Lipinski definition) is 0. The summed E-state index contributed by atoms with van der Waals surface area (Å²) >= 11 is 0. The van der Waals surface area contributed by atoms with Crippen molar-refractivity contribution in [1.29, 1.82) is 0 Å². The van der Waals surface area contributed by atoms with Gasteiger partial charge in [0, 0.05) is 0 Å². The van der Waals surface area contributed by atoms with Gasteiger partial charge in [-0.25, -0.2) is 0 Å². The third-order valence-electron chi connectivity index (χ3n) is 0. The van der Waals surface area contributed by atoms with Crippen molar-refractivity contribution in [2.45, 2.75) is 0 Å². The normalized spacial score (nSPS) is 23.1. The molecule has 0 aromatic rings. The molecular weight excluding hydrogens is 271 g/mol. The average molecular weight is 271 g/mol. The molecule has 0 spiro atoms. The van der Waals surface area contributed by atoms with E-state index in [1.165, 1.54) is 0 Å². The first-order valence-corrected chi connectivity index (χ1v) is 8.87. The Morgan fingerprint density at radius 1 is 0.571 bits per heavy atom. The van der Waals surface area contributed by atoms with Crippen molar-refractivity contribution in [1.82, 2.24) is 0 Å². The number of halogens is 6. The monoisotopic (exact) mass is 268 g/mol. The second-order valence-electron chi connectivity index (χ2n) is 0.678. The Kier molecular flexibility index (Phi) is 1.91. The molecule has 7 heteroatoms. The predicted octanol–water partition coefficient (Wildman–Crippen LogP) is 4.13. The van der Waals surface area contributed by atoms with Crippen LogP contribution in [0.25, 0.3) is 0 Å². The van der Waals surface area contributed by atoms with E-state index in [-0.39, 0.29) is 0 Å². The molecular formula is Cl6Ni. The summed E-state index contributed by atoms with van der Waals surface area (Å²) < 4.78 is 0. The van der Waals surface area contributed by atoms with E-state index in [0.29, 0.717) is 0 Å². The SMILES string of the molecule is [Cl][Ni]([Cl])([Cl])([Cl])([Cl])[Cl]. The molecule has 0 aromatic carbocycles. The van der Waals surface area contributed by atoms with E-state index in [1.54, 1.807) is 0 Å². The van der Waals surface area contributed by atoms with Crippen LogP contribution >= 0.6 is 61.2 Å². The van der Waals surface area contributed by atoms with Gasteiger partial charge in [0.2, 0.25) is 0 Å². The van der Waals surface area contributed by atoms with Gasteiger partial charge in [0.1, 0.15) is 0 Å². The standard InChI is InChI=1S/6ClH.Ni/h6*1H;/q;;;;;;+6/p-6. The van der Waals surface area contributed by atoms with Crippen molar-refractivity contribution in [3.05, 3.63) is 0 Å². The van der Waals surface area contributed by atoms with Crippen LogP contribution in [-0.4, -0.2) is 0 Å². The molecule has 0 N–H and O–H groups in total. The summed E-state index contributed by atoms with van der Waals surface area (Å²) in [5.41, 5.74) is 0. The summed E-state index contributed by atoms with van der Waals surface area (Å²) in [6.07, 6.45) is 0. The van der Waals surface area contributed by atoms with Crippen molar-refractivity contribution in [3.63, 3.8) is 0 Å². The van der Waals surface area contributed by atoms with Gasteiger partial charge in [-0.2, -0.15) is 0 Å². The van der Waals surface area contributed by atoms with Crippen LogP contribution in [0, 0.1) is 0 Å². The molecule has 0 unspecified atom stereocenters. The summed E-state index contributed by atoms with van der Waals surface area (Å²) in [5, 5.41) is 0. The van der Waals surface area contributed by atoms with Gasteiger partial charge < -0.3 is 0 Å². The molecule has 0 aliphatic heterocycles. The van der Waals surface area contributed by atoms with Gasteiger partial charge in [-0.1, -0.05) is 0 Å². The van der Waals surface area contributed by atoms with Crippen LogP contribution < -0.4 is 0 Å². The van der Waals surface area contributed by atoms with Crippen LogP contribution in [-0.2, 0) is 4.98 Å². The maximum atomic E-state index is 4.99. The van der Waals surface area contributed by atoms with Crippen molar-refractivity contribution in [2.75, 3.05) is 0 Å². The molecule has 52 valence electrons.